The number of nitrogens with zero attached hydrogens (tertiary/aromatic N) is 8. The molecule has 0 N–H and O–H groups in total. The Morgan fingerprint density at radius 2 is 0.543 bits per heavy atom. The monoisotopic (exact) mass is 1200 g/mol. The smallest absolute Gasteiger partial charge is 0.235 e. The lowest BCUT2D eigenvalue weighted by atomic mass is 9.97. The molecule has 14 aromatic carbocycles. The van der Waals surface area contributed by atoms with Gasteiger partial charge in [-0.05, 0) is 113 Å². The van der Waals surface area contributed by atoms with Gasteiger partial charge < -0.3 is 9.13 Å². The molecule has 6 aromatic heterocycles. The van der Waals surface area contributed by atoms with Gasteiger partial charge in [0.2, 0.25) is 11.9 Å². The third-order valence-electron chi connectivity index (χ3n) is 19.3. The Morgan fingerprint density at radius 3 is 1.07 bits per heavy atom. The lowest BCUT2D eigenvalue weighted by Gasteiger charge is -2.14. The van der Waals surface area contributed by atoms with Gasteiger partial charge in [-0.15, -0.1) is 0 Å². The molecule has 0 atom stereocenters. The van der Waals surface area contributed by atoms with Crippen molar-refractivity contribution >= 4 is 120 Å². The van der Waals surface area contributed by atoms with E-state index in [1.807, 2.05) is 6.07 Å². The van der Waals surface area contributed by atoms with Crippen LogP contribution in [0, 0.1) is 0 Å². The molecule has 0 aliphatic rings. The van der Waals surface area contributed by atoms with Crippen molar-refractivity contribution in [3.05, 3.63) is 315 Å². The zero-order valence-electron chi connectivity index (χ0n) is 50.6. The molecular weight excluding hydrogens is 1150 g/mol. The summed E-state index contributed by atoms with van der Waals surface area (Å²) >= 11 is 0. The van der Waals surface area contributed by atoms with Gasteiger partial charge in [0.15, 0.2) is 0 Å². The van der Waals surface area contributed by atoms with Crippen LogP contribution in [0.1, 0.15) is 0 Å². The summed E-state index contributed by atoms with van der Waals surface area (Å²) in [5, 5.41) is 13.5. The summed E-state index contributed by atoms with van der Waals surface area (Å²) in [7, 11) is 0. The molecule has 0 radical (unpaired) electrons. The predicted molar refractivity (Wildman–Crippen MR) is 389 cm³/mol. The maximum atomic E-state index is 5.67. The van der Waals surface area contributed by atoms with Gasteiger partial charge >= 0.3 is 0 Å². The second-order valence-electron chi connectivity index (χ2n) is 24.5. The second kappa shape index (κ2) is 20.4. The Hall–Kier alpha value is -12.8. The molecule has 8 heteroatoms. The fourth-order valence-electron chi connectivity index (χ4n) is 15.2. The Balaban J connectivity index is 0.815. The molecule has 0 aliphatic carbocycles. The topological polar surface area (TPSA) is 71.3 Å². The van der Waals surface area contributed by atoms with Gasteiger partial charge in [0, 0.05) is 87.1 Å². The number of rotatable bonds is 8. The van der Waals surface area contributed by atoms with E-state index in [0.717, 1.165) is 160 Å². The van der Waals surface area contributed by atoms with E-state index in [2.05, 4.69) is 328 Å². The molecule has 20 aromatic rings. The van der Waals surface area contributed by atoms with Crippen molar-refractivity contribution in [2.45, 2.75) is 0 Å². The Labute approximate surface area is 538 Å². The fourth-order valence-corrected chi connectivity index (χ4v) is 15.2. The van der Waals surface area contributed by atoms with E-state index in [1.165, 1.54) is 16.3 Å². The van der Waals surface area contributed by atoms with E-state index >= 15 is 0 Å². The number of benzene rings is 14. The van der Waals surface area contributed by atoms with Crippen LogP contribution in [0.3, 0.4) is 0 Å². The fraction of sp³-hybridized carbons (Fsp3) is 0. The number of hydrogen-bond acceptors (Lipinski definition) is 4. The highest BCUT2D eigenvalue weighted by atomic mass is 15.2. The minimum atomic E-state index is 0.613. The highest BCUT2D eigenvalue weighted by Gasteiger charge is 2.27. The minimum absolute atomic E-state index is 0.613. The SMILES string of the molecule is c1ccc(-c2nc(-n3c4ccccc4c4cc(-c5ccc6c(c5)c5cc(-c7ccc8c9c%10c%11ccccc%11n(-c%11ccccc%11)c%10c%10ccccc%10c9n(-c9nc(-c%10ccccc%10)c%10ccccc%10n9)c8c7)ccc5n6-c5ccccc5)ccc43)nc3ccccc23)cc1. The number of para-hydroxylation sites is 6. The van der Waals surface area contributed by atoms with E-state index in [9.17, 15) is 0 Å². The summed E-state index contributed by atoms with van der Waals surface area (Å²) in [6.45, 7) is 0. The minimum Gasteiger partial charge on any atom is -0.309 e. The van der Waals surface area contributed by atoms with Crippen LogP contribution in [0.25, 0.3) is 188 Å². The molecule has 0 aliphatic heterocycles. The zero-order valence-corrected chi connectivity index (χ0v) is 50.6. The molecule has 6 heterocycles. The number of fused-ring (bicyclic) bond motifs is 18. The molecule has 0 spiro atoms. The quantitative estimate of drug-likeness (QED) is 0.152. The number of aromatic nitrogens is 8. The Morgan fingerprint density at radius 1 is 0.191 bits per heavy atom. The first-order valence-electron chi connectivity index (χ1n) is 32.0. The summed E-state index contributed by atoms with van der Waals surface area (Å²) in [6.07, 6.45) is 0. The normalized spacial score (nSPS) is 12.0. The molecule has 0 amide bonds. The van der Waals surface area contributed by atoms with Gasteiger partial charge in [-0.2, -0.15) is 0 Å². The van der Waals surface area contributed by atoms with E-state index < -0.39 is 0 Å². The van der Waals surface area contributed by atoms with Gasteiger partial charge in [-0.25, -0.2) is 19.9 Å². The molecule has 0 fully saturated rings. The van der Waals surface area contributed by atoms with Crippen LogP contribution in [0.2, 0.25) is 0 Å². The summed E-state index contributed by atoms with van der Waals surface area (Å²) in [5.41, 5.74) is 21.1. The van der Waals surface area contributed by atoms with Crippen LogP contribution in [0.5, 0.6) is 0 Å². The van der Waals surface area contributed by atoms with Crippen molar-refractivity contribution in [1.82, 2.24) is 38.2 Å². The van der Waals surface area contributed by atoms with Crippen molar-refractivity contribution in [1.29, 1.82) is 0 Å². The Kier molecular flexibility index (Phi) is 11.3. The highest BCUT2D eigenvalue weighted by Crippen LogP contribution is 2.49. The molecule has 0 unspecified atom stereocenters. The zero-order chi connectivity index (χ0) is 61.5. The van der Waals surface area contributed by atoms with Gasteiger partial charge in [0.05, 0.1) is 66.6 Å². The molecule has 8 nitrogen and oxygen atoms in total. The van der Waals surface area contributed by atoms with E-state index in [4.69, 9.17) is 19.9 Å². The third kappa shape index (κ3) is 7.74. The lowest BCUT2D eigenvalue weighted by Crippen LogP contribution is -2.04. The van der Waals surface area contributed by atoms with E-state index in [1.54, 1.807) is 0 Å². The predicted octanol–water partition coefficient (Wildman–Crippen LogP) is 21.8. The van der Waals surface area contributed by atoms with E-state index in [-0.39, 0.29) is 0 Å². The summed E-state index contributed by atoms with van der Waals surface area (Å²) < 4.78 is 9.46. The second-order valence-corrected chi connectivity index (χ2v) is 24.5. The largest absolute Gasteiger partial charge is 0.309 e. The van der Waals surface area contributed by atoms with Crippen molar-refractivity contribution in [3.8, 4) is 68.0 Å². The van der Waals surface area contributed by atoms with Crippen molar-refractivity contribution in [2.75, 3.05) is 0 Å². The van der Waals surface area contributed by atoms with Gasteiger partial charge in [-0.3, -0.25) is 9.13 Å². The van der Waals surface area contributed by atoms with Crippen molar-refractivity contribution in [3.63, 3.8) is 0 Å². The molecule has 0 bridgehead atoms. The molecule has 0 saturated heterocycles. The maximum Gasteiger partial charge on any atom is 0.235 e. The van der Waals surface area contributed by atoms with Crippen LogP contribution < -0.4 is 0 Å². The van der Waals surface area contributed by atoms with Gasteiger partial charge in [-0.1, -0.05) is 224 Å². The molecule has 94 heavy (non-hydrogen) atoms. The molecule has 436 valence electrons. The number of hydrogen-bond donors (Lipinski definition) is 0. The van der Waals surface area contributed by atoms with Gasteiger partial charge in [0.1, 0.15) is 0 Å². The summed E-state index contributed by atoms with van der Waals surface area (Å²) in [5.74, 6) is 1.25. The van der Waals surface area contributed by atoms with Gasteiger partial charge in [0.25, 0.3) is 0 Å². The first-order valence-corrected chi connectivity index (χ1v) is 32.0. The van der Waals surface area contributed by atoms with Crippen molar-refractivity contribution in [2.24, 2.45) is 0 Å². The van der Waals surface area contributed by atoms with Crippen LogP contribution >= 0.6 is 0 Å². The lowest BCUT2D eigenvalue weighted by molar-refractivity contribution is 1.01. The standard InChI is InChI=1S/C86H52N8/c1-5-23-53(24-6-1)81-64-34-15-19-37-71(64)87-85(89-81)93-73-39-21-17-31-61(73)68-49-55(44-48-77(68)93)56-42-46-75-69(50-56)70-51-57(43-47-76(70)91(75)59-27-9-3-10-28-59)58-41-45-67-78(52-58)94(86-88-72-38-20-16-35-65(72)82(90-86)54-25-7-2-8-26-54)84-63-33-14-13-32-62(63)83-79(80(67)84)66-36-18-22-40-74(66)92(83)60-29-11-4-12-30-60/h1-52H. The third-order valence-corrected chi connectivity index (χ3v) is 19.3. The van der Waals surface area contributed by atoms with Crippen molar-refractivity contribution < 1.29 is 0 Å². The first kappa shape index (κ1) is 52.0. The first-order chi connectivity index (χ1) is 46.6. The highest BCUT2D eigenvalue weighted by molar-refractivity contribution is 6.37. The molecular formula is C86H52N8. The molecule has 20 rings (SSSR count). The summed E-state index contributed by atoms with van der Waals surface area (Å²) in [6, 6.07) is 114. The van der Waals surface area contributed by atoms with E-state index in [0.29, 0.717) is 11.9 Å². The Bertz CT molecular complexity index is 6520. The maximum absolute atomic E-state index is 5.67. The summed E-state index contributed by atoms with van der Waals surface area (Å²) in [4.78, 5) is 21.8. The molecule has 0 saturated carbocycles. The van der Waals surface area contributed by atoms with Crippen LogP contribution in [0.4, 0.5) is 0 Å². The average molecular weight is 1200 g/mol. The van der Waals surface area contributed by atoms with Crippen LogP contribution in [-0.4, -0.2) is 38.2 Å². The average Bonchev–Trinajstić information content (AvgIpc) is 1.52. The van der Waals surface area contributed by atoms with Crippen LogP contribution in [-0.2, 0) is 0 Å². The van der Waals surface area contributed by atoms with Crippen LogP contribution in [0.15, 0.2) is 315 Å².